The van der Waals surface area contributed by atoms with E-state index >= 15 is 0 Å². The van der Waals surface area contributed by atoms with Gasteiger partial charge in [0.15, 0.2) is 0 Å². The number of terminal acetylenes is 1. The molecule has 0 aliphatic carbocycles. The van der Waals surface area contributed by atoms with Crippen LogP contribution in [-0.2, 0) is 61.5 Å². The first-order chi connectivity index (χ1) is 10.6. The average Bonchev–Trinajstić information content (AvgIpc) is 2.65. The Morgan fingerprint density at radius 2 is 1.00 bits per heavy atom. The van der Waals surface area contributed by atoms with Crippen LogP contribution in [0.2, 0.25) is 0 Å². The minimum Gasteiger partial charge on any atom is 0 e. The Balaban J connectivity index is -0.0000000196. The van der Waals surface area contributed by atoms with Gasteiger partial charge in [0.25, 0.3) is 0 Å². The molecule has 0 aromatic carbocycles. The zero-order chi connectivity index (χ0) is 20.1. The van der Waals surface area contributed by atoms with Crippen LogP contribution in [0.25, 0.3) is 0 Å². The van der Waals surface area contributed by atoms with E-state index in [0.29, 0.717) is 11.8 Å². The Morgan fingerprint density at radius 3 is 1.12 bits per heavy atom. The van der Waals surface area contributed by atoms with Crippen molar-refractivity contribution in [2.75, 3.05) is 0 Å². The van der Waals surface area contributed by atoms with Crippen molar-refractivity contribution in [1.29, 1.82) is 0 Å². The molecule has 0 saturated heterocycles. The van der Waals surface area contributed by atoms with Gasteiger partial charge in [-0.15, -0.1) is 6.42 Å². The van der Waals surface area contributed by atoms with Gasteiger partial charge in [0.05, 0.1) is 0 Å². The predicted molar refractivity (Wildman–Crippen MR) is 70.2 cm³/mol. The van der Waals surface area contributed by atoms with Gasteiger partial charge in [0, 0.05) is 33.6 Å². The van der Waals surface area contributed by atoms with Gasteiger partial charge in [-0.25, -0.2) is 0 Å². The minimum atomic E-state index is 0. The van der Waals surface area contributed by atoms with Crippen LogP contribution in [-0.4, -0.2) is 0 Å². The topological polar surface area (TPSA) is 119 Å². The van der Waals surface area contributed by atoms with Crippen LogP contribution >= 0.6 is 0 Å². The van der Waals surface area contributed by atoms with Gasteiger partial charge in [0.2, 0.25) is 0 Å². The molecule has 0 saturated carbocycles. The fourth-order valence-corrected chi connectivity index (χ4v) is 0.683. The summed E-state index contributed by atoms with van der Waals surface area (Å²) in [6.07, 6.45) is 6.14. The molecule has 0 aromatic heterocycles. The molecule has 0 aliphatic heterocycles. The van der Waals surface area contributed by atoms with Gasteiger partial charge < -0.3 is 0 Å². The first kappa shape index (κ1) is 56.9. The summed E-state index contributed by atoms with van der Waals surface area (Å²) >= 11 is 0. The molecule has 8 heteroatoms. The molecule has 0 aromatic rings. The Bertz CT molecular complexity index is 323. The zero-order valence-corrected chi connectivity index (χ0v) is 15.3. The quantitative estimate of drug-likeness (QED) is 0.378. The monoisotopic (exact) mass is 422 g/mol. The van der Waals surface area contributed by atoms with Crippen LogP contribution in [0.15, 0.2) is 12.2 Å². The number of hydrogen-bond donors (Lipinski definition) is 0. The van der Waals surface area contributed by atoms with Crippen LogP contribution in [0.3, 0.4) is 0 Å². The standard InChI is InChI=1S/C10H16.6CO.2Co/c1-6-9(4)7-10(5)8(2)3;6*1-2;;/h1,8,10H,4,7H2,2-3,5H3;;;;;;;;. The van der Waals surface area contributed by atoms with Gasteiger partial charge in [0.1, 0.15) is 0 Å². The number of allylic oxidation sites excluding steroid dienone is 1. The fourth-order valence-electron chi connectivity index (χ4n) is 0.683. The molecule has 1 atom stereocenters. The Morgan fingerprint density at radius 1 is 0.792 bits per heavy atom. The van der Waals surface area contributed by atoms with Crippen LogP contribution in [0.4, 0.5) is 0 Å². The predicted octanol–water partition coefficient (Wildman–Crippen LogP) is 2.63. The van der Waals surface area contributed by atoms with E-state index in [1.165, 1.54) is 0 Å². The molecule has 0 fully saturated rings. The third-order valence-electron chi connectivity index (χ3n) is 1.91. The molecule has 0 bridgehead atoms. The van der Waals surface area contributed by atoms with Crippen molar-refractivity contribution in [3.63, 3.8) is 0 Å². The number of rotatable bonds is 3. The van der Waals surface area contributed by atoms with Gasteiger partial charge in [-0.1, -0.05) is 33.3 Å². The van der Waals surface area contributed by atoms with E-state index in [0.717, 1.165) is 12.0 Å². The average molecular weight is 422 g/mol. The zero-order valence-electron chi connectivity index (χ0n) is 13.3. The summed E-state index contributed by atoms with van der Waals surface area (Å²) in [4.78, 5) is 0. The normalized spacial score (nSPS) is 5.79. The molecule has 0 spiro atoms. The summed E-state index contributed by atoms with van der Waals surface area (Å²) < 4.78 is 45.0. The molecular formula is C16H16Co2O6. The smallest absolute Gasteiger partial charge is 0 e. The molecule has 1 unspecified atom stereocenters. The van der Waals surface area contributed by atoms with Crippen molar-refractivity contribution in [2.45, 2.75) is 27.2 Å². The van der Waals surface area contributed by atoms with Crippen LogP contribution in [0.1, 0.15) is 27.2 Å². The summed E-state index contributed by atoms with van der Waals surface area (Å²) in [5.41, 5.74) is 0.918. The molecule has 0 heterocycles. The van der Waals surface area contributed by atoms with Gasteiger partial charge in [-0.2, -0.15) is 0 Å². The molecule has 2 radical (unpaired) electrons. The van der Waals surface area contributed by atoms with Crippen molar-refractivity contribution < 1.29 is 61.5 Å². The molecule has 0 aliphatic rings. The van der Waals surface area contributed by atoms with Gasteiger partial charge in [-0.05, 0) is 23.8 Å². The van der Waals surface area contributed by atoms with Crippen molar-refractivity contribution in [2.24, 2.45) is 11.8 Å². The van der Waals surface area contributed by atoms with E-state index in [4.69, 9.17) is 34.3 Å². The van der Waals surface area contributed by atoms with E-state index in [2.05, 4.69) is 73.2 Å². The first-order valence-corrected chi connectivity index (χ1v) is 4.94. The summed E-state index contributed by atoms with van der Waals surface area (Å²) in [5, 5.41) is 0. The molecule has 0 amide bonds. The summed E-state index contributed by atoms with van der Waals surface area (Å²) in [6, 6.07) is 0. The van der Waals surface area contributed by atoms with Crippen molar-refractivity contribution in [3.8, 4) is 12.3 Å². The van der Waals surface area contributed by atoms with Crippen molar-refractivity contribution >= 4 is 0 Å². The largest absolute Gasteiger partial charge is 0 e. The maximum Gasteiger partial charge on any atom is 0 e. The van der Waals surface area contributed by atoms with E-state index in [9.17, 15) is 0 Å². The molecule has 134 valence electrons. The molecule has 6 nitrogen and oxygen atoms in total. The van der Waals surface area contributed by atoms with E-state index in [-0.39, 0.29) is 33.6 Å². The van der Waals surface area contributed by atoms with E-state index in [1.54, 1.807) is 0 Å². The van der Waals surface area contributed by atoms with Gasteiger partial charge in [-0.3, -0.25) is 0 Å². The minimum absolute atomic E-state index is 0. The second kappa shape index (κ2) is 98.5. The molecule has 0 N–H and O–H groups in total. The van der Waals surface area contributed by atoms with E-state index < -0.39 is 0 Å². The SMILES string of the molecule is C#CC(=C)CC(C)C(C)C.[C-]#[O+].[C-]#[O+].[C-]#[O+].[C-]#[O+].[C-]#[O+].[C-]#[O+].[Co].[Co]. The first-order valence-electron chi connectivity index (χ1n) is 4.94. The second-order valence-electron chi connectivity index (χ2n) is 3.17. The number of hydrogen-bond acceptors (Lipinski definition) is 0. The summed E-state index contributed by atoms with van der Waals surface area (Å²) in [5.74, 6) is 3.91. The Kier molecular flexibility index (Phi) is 234. The fraction of sp³-hybridized carbons (Fsp3) is 0.375. The van der Waals surface area contributed by atoms with E-state index in [1.807, 2.05) is 0 Å². The van der Waals surface area contributed by atoms with Crippen LogP contribution in [0, 0.1) is 64.1 Å². The maximum atomic E-state index is 7.50. The van der Waals surface area contributed by atoms with Gasteiger partial charge >= 0.3 is 67.8 Å². The third-order valence-corrected chi connectivity index (χ3v) is 1.91. The molecule has 0 rings (SSSR count). The third kappa shape index (κ3) is 106. The summed E-state index contributed by atoms with van der Waals surface area (Å²) in [6.45, 7) is 37.4. The van der Waals surface area contributed by atoms with Crippen LogP contribution < -0.4 is 0 Å². The molecular weight excluding hydrogens is 406 g/mol. The Labute approximate surface area is 164 Å². The maximum absolute atomic E-state index is 7.50. The summed E-state index contributed by atoms with van der Waals surface area (Å²) in [7, 11) is 0. The van der Waals surface area contributed by atoms with Crippen LogP contribution in [0.5, 0.6) is 0 Å². The van der Waals surface area contributed by atoms with Crippen molar-refractivity contribution in [3.05, 3.63) is 52.1 Å². The molecule has 24 heavy (non-hydrogen) atoms. The Hall–Kier alpha value is -1.25. The second-order valence-corrected chi connectivity index (χ2v) is 3.17. The van der Waals surface area contributed by atoms with Crippen molar-refractivity contribution in [1.82, 2.24) is 0 Å².